The summed E-state index contributed by atoms with van der Waals surface area (Å²) in [6, 6.07) is 20.3. The topological polar surface area (TPSA) is 74.8 Å². The lowest BCUT2D eigenvalue weighted by Crippen LogP contribution is -2.52. The van der Waals surface area contributed by atoms with Gasteiger partial charge in [0.25, 0.3) is 11.8 Å². The van der Waals surface area contributed by atoms with Crippen molar-refractivity contribution in [1.82, 2.24) is 0 Å². The van der Waals surface area contributed by atoms with Crippen LogP contribution in [0.15, 0.2) is 72.8 Å². The van der Waals surface area contributed by atoms with Gasteiger partial charge >= 0.3 is 0 Å². The largest absolute Gasteiger partial charge is 0.304 e. The molecule has 166 valence electrons. The minimum Gasteiger partial charge on any atom is -0.304 e. The summed E-state index contributed by atoms with van der Waals surface area (Å²) in [6.07, 6.45) is 0. The molecule has 0 bridgehead atoms. The lowest BCUT2D eigenvalue weighted by molar-refractivity contribution is 0.0952. The highest BCUT2D eigenvalue weighted by atomic mass is 16.2. The molecule has 2 amide bonds. The Balaban J connectivity index is 1.73. The molecule has 1 aliphatic heterocycles. The number of benzene rings is 3. The first-order valence-corrected chi connectivity index (χ1v) is 10.7. The van der Waals surface area contributed by atoms with Crippen molar-refractivity contribution in [2.75, 3.05) is 16.3 Å². The molecule has 0 spiro atoms. The Morgan fingerprint density at radius 1 is 0.667 bits per heavy atom. The Hall–Kier alpha value is -4.06. The number of carbonyl (C=O) groups excluding carboxylic acids is 4. The fourth-order valence-electron chi connectivity index (χ4n) is 4.12. The van der Waals surface area contributed by atoms with Crippen LogP contribution < -0.4 is 9.80 Å². The summed E-state index contributed by atoms with van der Waals surface area (Å²) in [5.74, 6) is -0.685. The molecule has 6 nitrogen and oxygen atoms in total. The van der Waals surface area contributed by atoms with E-state index in [-0.39, 0.29) is 36.0 Å². The number of hydrogen-bond acceptors (Lipinski definition) is 4. The molecule has 3 aromatic rings. The maximum atomic E-state index is 13.5. The summed E-state index contributed by atoms with van der Waals surface area (Å²) in [5.41, 5.74) is 3.01. The number of nitrogens with zero attached hydrogens (tertiary/aromatic N) is 2. The molecule has 1 atom stereocenters. The maximum Gasteiger partial charge on any atom is 0.258 e. The van der Waals surface area contributed by atoms with Crippen LogP contribution >= 0.6 is 0 Å². The van der Waals surface area contributed by atoms with E-state index in [4.69, 9.17) is 0 Å². The normalized spacial score (nSPS) is 15.1. The molecule has 33 heavy (non-hydrogen) atoms. The predicted molar refractivity (Wildman–Crippen MR) is 127 cm³/mol. The molecule has 0 N–H and O–H groups in total. The van der Waals surface area contributed by atoms with Gasteiger partial charge < -0.3 is 9.80 Å². The molecule has 4 rings (SSSR count). The number of para-hydroxylation sites is 2. The molecule has 0 aromatic heterocycles. The third-order valence-electron chi connectivity index (χ3n) is 5.82. The van der Waals surface area contributed by atoms with E-state index in [2.05, 4.69) is 0 Å². The molecule has 1 aliphatic rings. The first-order chi connectivity index (χ1) is 15.8. The minimum absolute atomic E-state index is 0.110. The molecule has 1 heterocycles. The monoisotopic (exact) mass is 440 g/mol. The Morgan fingerprint density at radius 3 is 1.70 bits per heavy atom. The number of hydrogen-bond donors (Lipinski definition) is 0. The Morgan fingerprint density at radius 2 is 1.15 bits per heavy atom. The summed E-state index contributed by atoms with van der Waals surface area (Å²) in [4.78, 5) is 53.8. The molecular weight excluding hydrogens is 416 g/mol. The van der Waals surface area contributed by atoms with Crippen molar-refractivity contribution in [1.29, 1.82) is 0 Å². The van der Waals surface area contributed by atoms with E-state index in [1.54, 1.807) is 64.4 Å². The number of fused-ring (bicyclic) bond motifs is 1. The molecule has 0 saturated carbocycles. The number of anilines is 2. The zero-order valence-electron chi connectivity index (χ0n) is 18.7. The molecule has 0 saturated heterocycles. The minimum atomic E-state index is -0.312. The van der Waals surface area contributed by atoms with Gasteiger partial charge in [0.05, 0.1) is 17.4 Å². The van der Waals surface area contributed by atoms with E-state index >= 15 is 0 Å². The van der Waals surface area contributed by atoms with Gasteiger partial charge in [-0.25, -0.2) is 0 Å². The van der Waals surface area contributed by atoms with Crippen molar-refractivity contribution in [3.05, 3.63) is 95.1 Å². The number of carbonyl (C=O) groups is 4. The summed E-state index contributed by atoms with van der Waals surface area (Å²) in [6.45, 7) is 5.10. The van der Waals surface area contributed by atoms with Crippen LogP contribution in [-0.4, -0.2) is 36.0 Å². The van der Waals surface area contributed by atoms with Crippen LogP contribution in [0.1, 0.15) is 62.2 Å². The van der Waals surface area contributed by atoms with Crippen LogP contribution in [0.5, 0.6) is 0 Å². The molecule has 0 aliphatic carbocycles. The number of Topliss-reactive ketones (excluding diaryl/α,β-unsaturated/α-hetero) is 2. The number of amides is 2. The molecule has 3 aromatic carbocycles. The summed E-state index contributed by atoms with van der Waals surface area (Å²) in [7, 11) is 0. The SMILES string of the molecule is CC(=O)c1cccc(C(=O)N2CC(C)N(C(=O)c3cccc(C(C)=O)c3)c3ccccc32)c1. The van der Waals surface area contributed by atoms with Crippen LogP contribution in [0, 0.1) is 0 Å². The summed E-state index contributed by atoms with van der Waals surface area (Å²) >= 11 is 0. The highest BCUT2D eigenvalue weighted by molar-refractivity contribution is 6.14. The van der Waals surface area contributed by atoms with E-state index in [0.29, 0.717) is 33.6 Å². The molecule has 1 unspecified atom stereocenters. The number of ketones is 2. The molecule has 6 heteroatoms. The van der Waals surface area contributed by atoms with E-state index < -0.39 is 0 Å². The van der Waals surface area contributed by atoms with Crippen molar-refractivity contribution < 1.29 is 19.2 Å². The average molecular weight is 440 g/mol. The van der Waals surface area contributed by atoms with Crippen LogP contribution in [0.2, 0.25) is 0 Å². The van der Waals surface area contributed by atoms with Crippen LogP contribution in [0.3, 0.4) is 0 Å². The van der Waals surface area contributed by atoms with Gasteiger partial charge in [-0.05, 0) is 57.2 Å². The van der Waals surface area contributed by atoms with Gasteiger partial charge in [0, 0.05) is 28.8 Å². The second-order valence-electron chi connectivity index (χ2n) is 8.20. The zero-order chi connectivity index (χ0) is 23.7. The van der Waals surface area contributed by atoms with Crippen molar-refractivity contribution in [3.63, 3.8) is 0 Å². The third kappa shape index (κ3) is 4.20. The van der Waals surface area contributed by atoms with E-state index in [0.717, 1.165) is 0 Å². The lowest BCUT2D eigenvalue weighted by atomic mass is 10.0. The smallest absolute Gasteiger partial charge is 0.258 e. The maximum absolute atomic E-state index is 13.5. The zero-order valence-corrected chi connectivity index (χ0v) is 18.7. The van der Waals surface area contributed by atoms with Crippen molar-refractivity contribution in [2.45, 2.75) is 26.8 Å². The Kier molecular flexibility index (Phi) is 5.92. The first kappa shape index (κ1) is 22.1. The highest BCUT2D eigenvalue weighted by Crippen LogP contribution is 2.37. The molecule has 0 fully saturated rings. The van der Waals surface area contributed by atoms with Gasteiger partial charge in [0.15, 0.2) is 11.6 Å². The van der Waals surface area contributed by atoms with Gasteiger partial charge in [-0.2, -0.15) is 0 Å². The Labute approximate surface area is 192 Å². The lowest BCUT2D eigenvalue weighted by Gasteiger charge is -2.41. The van der Waals surface area contributed by atoms with Gasteiger partial charge in [0.2, 0.25) is 0 Å². The van der Waals surface area contributed by atoms with Crippen molar-refractivity contribution in [2.24, 2.45) is 0 Å². The van der Waals surface area contributed by atoms with Crippen LogP contribution in [0.4, 0.5) is 11.4 Å². The first-order valence-electron chi connectivity index (χ1n) is 10.7. The molecular formula is C27H24N2O4. The van der Waals surface area contributed by atoms with Crippen LogP contribution in [-0.2, 0) is 0 Å². The van der Waals surface area contributed by atoms with E-state index in [1.807, 2.05) is 25.1 Å². The third-order valence-corrected chi connectivity index (χ3v) is 5.82. The summed E-state index contributed by atoms with van der Waals surface area (Å²) in [5, 5.41) is 0. The quantitative estimate of drug-likeness (QED) is 0.547. The van der Waals surface area contributed by atoms with Gasteiger partial charge in [-0.3, -0.25) is 19.2 Å². The molecule has 0 radical (unpaired) electrons. The standard InChI is InChI=1S/C27H24N2O4/c1-17-16-28(26(32)22-10-6-8-20(14-22)18(2)30)24-12-4-5-13-25(24)29(17)27(33)23-11-7-9-21(15-23)19(3)31/h4-15,17H,16H2,1-3H3. The second kappa shape index (κ2) is 8.82. The fourth-order valence-corrected chi connectivity index (χ4v) is 4.12. The van der Waals surface area contributed by atoms with Crippen LogP contribution in [0.25, 0.3) is 0 Å². The van der Waals surface area contributed by atoms with Gasteiger partial charge in [-0.1, -0.05) is 36.4 Å². The predicted octanol–water partition coefficient (Wildman–Crippen LogP) is 4.79. The highest BCUT2D eigenvalue weighted by Gasteiger charge is 2.35. The van der Waals surface area contributed by atoms with E-state index in [1.165, 1.54) is 13.8 Å². The second-order valence-corrected chi connectivity index (χ2v) is 8.20. The Bertz CT molecular complexity index is 1280. The van der Waals surface area contributed by atoms with Gasteiger partial charge in [0.1, 0.15) is 0 Å². The van der Waals surface area contributed by atoms with Gasteiger partial charge in [-0.15, -0.1) is 0 Å². The fraction of sp³-hybridized carbons (Fsp3) is 0.185. The summed E-state index contributed by atoms with van der Waals surface area (Å²) < 4.78 is 0. The van der Waals surface area contributed by atoms with E-state index in [9.17, 15) is 19.2 Å². The van der Waals surface area contributed by atoms with Crippen molar-refractivity contribution >= 4 is 34.8 Å². The average Bonchev–Trinajstić information content (AvgIpc) is 2.82. The van der Waals surface area contributed by atoms with Crippen molar-refractivity contribution in [3.8, 4) is 0 Å². The number of rotatable bonds is 4.